The van der Waals surface area contributed by atoms with Crippen molar-refractivity contribution in [2.75, 3.05) is 0 Å². The molecule has 0 N–H and O–H groups in total. The SMILES string of the molecule is [Pd].c1ccc(PP(c2ccccc2)P(Pc2ccccc2)c2ccccc2)cc1. The van der Waals surface area contributed by atoms with E-state index in [4.69, 9.17) is 0 Å². The van der Waals surface area contributed by atoms with Crippen LogP contribution in [0, 0.1) is 0 Å². The van der Waals surface area contributed by atoms with Gasteiger partial charge in [0.15, 0.2) is 0 Å². The maximum atomic E-state index is 2.34. The first-order chi connectivity index (χ1) is 13.9. The molecule has 4 aromatic rings. The zero-order valence-corrected chi connectivity index (χ0v) is 21.1. The van der Waals surface area contributed by atoms with Gasteiger partial charge in [0.2, 0.25) is 0 Å². The van der Waals surface area contributed by atoms with Crippen LogP contribution in [-0.2, 0) is 20.4 Å². The molecule has 0 bridgehead atoms. The Bertz CT molecular complexity index is 884. The number of hydrogen-bond acceptors (Lipinski definition) is 0. The Labute approximate surface area is 193 Å². The molecule has 4 atom stereocenters. The summed E-state index contributed by atoms with van der Waals surface area (Å²) in [7, 11) is 1.08. The average molecular weight is 541 g/mol. The molecule has 0 aromatic heterocycles. The molecule has 0 aliphatic rings. The van der Waals surface area contributed by atoms with E-state index in [0.717, 1.165) is 16.5 Å². The van der Waals surface area contributed by atoms with E-state index >= 15 is 0 Å². The molecule has 0 saturated carbocycles. The van der Waals surface area contributed by atoms with E-state index < -0.39 is 0 Å². The molecule has 0 saturated heterocycles. The Morgan fingerprint density at radius 3 is 0.966 bits per heavy atom. The maximum absolute atomic E-state index is 2.34. The van der Waals surface area contributed by atoms with Gasteiger partial charge in [-0.15, -0.1) is 0 Å². The predicted octanol–water partition coefficient (Wildman–Crippen LogP) is 6.35. The van der Waals surface area contributed by atoms with Crippen LogP contribution < -0.4 is 21.2 Å². The third-order valence-electron chi connectivity index (χ3n) is 4.22. The summed E-state index contributed by atoms with van der Waals surface area (Å²) in [5, 5.41) is 5.99. The minimum absolute atomic E-state index is 0. The first kappa shape index (κ1) is 22.9. The topological polar surface area (TPSA) is 0 Å². The molecule has 0 fully saturated rings. The summed E-state index contributed by atoms with van der Waals surface area (Å²) in [6, 6.07) is 44.5. The standard InChI is InChI=1S/C24H22P4.Pd/c1-5-13-21(14-6-1)25-27(23-17-9-3-10-18-23)28(24-19-11-4-12-20-24)26-22-15-7-2-8-16-22;/h1-20,25-26H;. The molecule has 0 amide bonds. The molecule has 4 rings (SSSR count). The van der Waals surface area contributed by atoms with Crippen molar-refractivity contribution in [1.82, 2.24) is 0 Å². The summed E-state index contributed by atoms with van der Waals surface area (Å²) in [6.45, 7) is 0. The minimum atomic E-state index is -0.291. The fraction of sp³-hybridized carbons (Fsp3) is 0. The van der Waals surface area contributed by atoms with E-state index in [0.29, 0.717) is 0 Å². The Morgan fingerprint density at radius 2 is 0.655 bits per heavy atom. The smallest absolute Gasteiger partial charge is 0 e. The molecule has 0 spiro atoms. The number of rotatable bonds is 7. The van der Waals surface area contributed by atoms with Crippen molar-refractivity contribution in [2.24, 2.45) is 0 Å². The Morgan fingerprint density at radius 1 is 0.379 bits per heavy atom. The zero-order valence-electron chi connectivity index (χ0n) is 15.8. The van der Waals surface area contributed by atoms with Gasteiger partial charge in [-0.25, -0.2) is 0 Å². The molecule has 5 heteroatoms. The van der Waals surface area contributed by atoms with Crippen molar-refractivity contribution in [1.29, 1.82) is 0 Å². The van der Waals surface area contributed by atoms with Gasteiger partial charge in [0.25, 0.3) is 0 Å². The van der Waals surface area contributed by atoms with Crippen molar-refractivity contribution in [2.45, 2.75) is 0 Å². The fourth-order valence-corrected chi connectivity index (χ4v) is 21.3. The molecule has 0 radical (unpaired) electrons. The summed E-state index contributed by atoms with van der Waals surface area (Å²) < 4.78 is 0. The van der Waals surface area contributed by atoms with Crippen LogP contribution in [0.2, 0.25) is 0 Å². The van der Waals surface area contributed by atoms with E-state index in [2.05, 4.69) is 121 Å². The molecule has 0 nitrogen and oxygen atoms in total. The molecule has 4 unspecified atom stereocenters. The van der Waals surface area contributed by atoms with Crippen LogP contribution in [-0.4, -0.2) is 0 Å². The van der Waals surface area contributed by atoms with Gasteiger partial charge >= 0.3 is 0 Å². The summed E-state index contributed by atoms with van der Waals surface area (Å²) >= 11 is 0. The molecule has 148 valence electrons. The summed E-state index contributed by atoms with van der Waals surface area (Å²) in [5.41, 5.74) is 0. The van der Waals surface area contributed by atoms with Gasteiger partial charge in [0.1, 0.15) is 0 Å². The second kappa shape index (κ2) is 12.2. The Balaban J connectivity index is 0.00000240. The summed E-state index contributed by atoms with van der Waals surface area (Å²) in [4.78, 5) is 0. The maximum Gasteiger partial charge on any atom is 0 e. The molecular formula is C24H22P4Pd. The van der Waals surface area contributed by atoms with Crippen molar-refractivity contribution in [3.8, 4) is 0 Å². The van der Waals surface area contributed by atoms with E-state index in [-0.39, 0.29) is 35.0 Å². The van der Waals surface area contributed by atoms with E-state index in [9.17, 15) is 0 Å². The molecule has 0 aliphatic heterocycles. The second-order valence-corrected chi connectivity index (χ2v) is 18.8. The normalized spacial score (nSPS) is 13.4. The van der Waals surface area contributed by atoms with Gasteiger partial charge < -0.3 is 0 Å². The number of hydrogen-bond donors (Lipinski definition) is 0. The quantitative estimate of drug-likeness (QED) is 0.189. The molecule has 29 heavy (non-hydrogen) atoms. The van der Waals surface area contributed by atoms with Crippen LogP contribution in [0.3, 0.4) is 0 Å². The summed E-state index contributed by atoms with van der Waals surface area (Å²) in [5.74, 6) is 0. The van der Waals surface area contributed by atoms with Crippen molar-refractivity contribution >= 4 is 52.4 Å². The predicted molar refractivity (Wildman–Crippen MR) is 135 cm³/mol. The van der Waals surface area contributed by atoms with E-state index in [1.54, 1.807) is 0 Å². The van der Waals surface area contributed by atoms with Gasteiger partial charge in [-0.2, -0.15) is 0 Å². The first-order valence-corrected chi connectivity index (χ1v) is 16.3. The Kier molecular flexibility index (Phi) is 9.65. The van der Waals surface area contributed by atoms with Crippen LogP contribution >= 0.6 is 31.1 Å². The first-order valence-electron chi connectivity index (χ1n) is 9.24. The Hall–Kier alpha value is -0.738. The third-order valence-corrected chi connectivity index (χ3v) is 22.0. The monoisotopic (exact) mass is 540 g/mol. The van der Waals surface area contributed by atoms with Crippen molar-refractivity contribution < 1.29 is 20.4 Å². The molecule has 0 heterocycles. The van der Waals surface area contributed by atoms with Crippen molar-refractivity contribution in [3.63, 3.8) is 0 Å². The van der Waals surface area contributed by atoms with Gasteiger partial charge in [0.05, 0.1) is 0 Å². The second-order valence-electron chi connectivity index (χ2n) is 6.25. The van der Waals surface area contributed by atoms with Gasteiger partial charge in [0, 0.05) is 20.4 Å². The van der Waals surface area contributed by atoms with Crippen LogP contribution in [0.1, 0.15) is 0 Å². The zero-order chi connectivity index (χ0) is 19.0. The number of benzene rings is 4. The van der Waals surface area contributed by atoms with Crippen LogP contribution in [0.25, 0.3) is 0 Å². The fourth-order valence-electron chi connectivity index (χ4n) is 2.87. The third kappa shape index (κ3) is 6.62. The molecular weight excluding hydrogens is 519 g/mol. The minimum Gasteiger partial charge on any atom is -0.0622 e. The van der Waals surface area contributed by atoms with E-state index in [1.165, 1.54) is 21.2 Å². The van der Waals surface area contributed by atoms with Gasteiger partial charge in [-0.3, -0.25) is 0 Å². The van der Waals surface area contributed by atoms with E-state index in [1.807, 2.05) is 0 Å². The molecule has 4 aromatic carbocycles. The largest absolute Gasteiger partial charge is 0.0622 e. The summed E-state index contributed by atoms with van der Waals surface area (Å²) in [6.07, 6.45) is 0. The van der Waals surface area contributed by atoms with Gasteiger partial charge in [-0.1, -0.05) is 138 Å². The van der Waals surface area contributed by atoms with Gasteiger partial charge in [-0.05, 0) is 35.8 Å². The molecule has 0 aliphatic carbocycles. The van der Waals surface area contributed by atoms with Crippen molar-refractivity contribution in [3.05, 3.63) is 121 Å². The van der Waals surface area contributed by atoms with Crippen LogP contribution in [0.4, 0.5) is 0 Å². The van der Waals surface area contributed by atoms with Crippen LogP contribution in [0.15, 0.2) is 121 Å². The van der Waals surface area contributed by atoms with Crippen LogP contribution in [0.5, 0.6) is 0 Å². The average Bonchev–Trinajstić information content (AvgIpc) is 2.79.